The Labute approximate surface area is 148 Å². The van der Waals surface area contributed by atoms with Crippen molar-refractivity contribution in [2.24, 2.45) is 5.92 Å². The van der Waals surface area contributed by atoms with Gasteiger partial charge in [-0.15, -0.1) is 0 Å². The number of carbonyl (C=O) groups is 3. The van der Waals surface area contributed by atoms with Crippen LogP contribution in [0.2, 0.25) is 0 Å². The van der Waals surface area contributed by atoms with Gasteiger partial charge in [-0.3, -0.25) is 14.5 Å². The van der Waals surface area contributed by atoms with E-state index in [-0.39, 0.29) is 17.6 Å². The van der Waals surface area contributed by atoms with Crippen molar-refractivity contribution in [3.8, 4) is 5.75 Å². The molecule has 0 fully saturated rings. The van der Waals surface area contributed by atoms with Crippen molar-refractivity contribution in [3.05, 3.63) is 23.8 Å². The molecule has 0 saturated carbocycles. The van der Waals surface area contributed by atoms with E-state index < -0.39 is 18.1 Å². The van der Waals surface area contributed by atoms with E-state index >= 15 is 0 Å². The van der Waals surface area contributed by atoms with E-state index in [1.165, 1.54) is 4.90 Å². The second-order valence-corrected chi connectivity index (χ2v) is 6.63. The number of hydrogen-bond donors (Lipinski definition) is 0. The van der Waals surface area contributed by atoms with E-state index in [9.17, 15) is 14.4 Å². The van der Waals surface area contributed by atoms with Crippen molar-refractivity contribution in [1.82, 2.24) is 0 Å². The van der Waals surface area contributed by atoms with Crippen LogP contribution in [-0.4, -0.2) is 36.4 Å². The van der Waals surface area contributed by atoms with Crippen molar-refractivity contribution >= 4 is 23.3 Å². The summed E-state index contributed by atoms with van der Waals surface area (Å²) in [5.41, 5.74) is 0.913. The Bertz CT molecular complexity index is 682. The molecule has 25 heavy (non-hydrogen) atoms. The second-order valence-electron chi connectivity index (χ2n) is 6.63. The minimum Gasteiger partial charge on any atom is -0.479 e. The second kappa shape index (κ2) is 7.68. The minimum absolute atomic E-state index is 0.0381. The molecule has 0 saturated heterocycles. The lowest BCUT2D eigenvalue weighted by atomic mass is 10.0. The van der Waals surface area contributed by atoms with Gasteiger partial charge in [-0.05, 0) is 38.0 Å². The molecule has 1 aliphatic rings. The first-order chi connectivity index (χ1) is 11.8. The van der Waals surface area contributed by atoms with Crippen LogP contribution in [0.1, 0.15) is 51.4 Å². The third-order valence-electron chi connectivity index (χ3n) is 4.04. The average Bonchev–Trinajstić information content (AvgIpc) is 2.59. The highest BCUT2D eigenvalue weighted by Crippen LogP contribution is 2.36. The van der Waals surface area contributed by atoms with E-state index in [1.807, 2.05) is 13.8 Å². The van der Waals surface area contributed by atoms with Gasteiger partial charge in [0.15, 0.2) is 11.9 Å². The molecule has 136 valence electrons. The number of rotatable bonds is 6. The fourth-order valence-corrected chi connectivity index (χ4v) is 2.61. The van der Waals surface area contributed by atoms with E-state index in [1.54, 1.807) is 39.0 Å². The van der Waals surface area contributed by atoms with Crippen LogP contribution in [0.4, 0.5) is 5.69 Å². The Morgan fingerprint density at radius 2 is 1.96 bits per heavy atom. The molecule has 0 aliphatic carbocycles. The van der Waals surface area contributed by atoms with Crippen LogP contribution < -0.4 is 9.64 Å². The summed E-state index contributed by atoms with van der Waals surface area (Å²) in [4.78, 5) is 38.4. The van der Waals surface area contributed by atoms with Crippen molar-refractivity contribution in [1.29, 1.82) is 0 Å². The Hall–Kier alpha value is -2.37. The zero-order valence-corrected chi connectivity index (χ0v) is 15.4. The van der Waals surface area contributed by atoms with Gasteiger partial charge in [0.05, 0.1) is 12.3 Å². The van der Waals surface area contributed by atoms with Gasteiger partial charge in [-0.1, -0.05) is 20.8 Å². The lowest BCUT2D eigenvalue weighted by Gasteiger charge is -2.36. The van der Waals surface area contributed by atoms with Crippen molar-refractivity contribution < 1.29 is 23.9 Å². The maximum Gasteiger partial charge on any atom is 0.328 e. The Kier molecular flexibility index (Phi) is 5.82. The van der Waals surface area contributed by atoms with Crippen LogP contribution >= 0.6 is 0 Å². The lowest BCUT2D eigenvalue weighted by Crippen LogP contribution is -2.52. The molecule has 1 amide bonds. The van der Waals surface area contributed by atoms with Gasteiger partial charge in [0.2, 0.25) is 0 Å². The van der Waals surface area contributed by atoms with Gasteiger partial charge < -0.3 is 9.47 Å². The van der Waals surface area contributed by atoms with Gasteiger partial charge in [0.1, 0.15) is 11.8 Å². The van der Waals surface area contributed by atoms with Crippen LogP contribution in [0.3, 0.4) is 0 Å². The van der Waals surface area contributed by atoms with Crippen molar-refractivity contribution in [2.75, 3.05) is 11.5 Å². The molecule has 2 unspecified atom stereocenters. The van der Waals surface area contributed by atoms with E-state index in [0.29, 0.717) is 30.0 Å². The molecule has 0 N–H and O–H groups in total. The molecular weight excluding hydrogens is 322 g/mol. The van der Waals surface area contributed by atoms with Gasteiger partial charge in [-0.25, -0.2) is 4.79 Å². The zero-order chi connectivity index (χ0) is 18.7. The molecule has 1 heterocycles. The van der Waals surface area contributed by atoms with E-state index in [4.69, 9.17) is 9.47 Å². The number of esters is 1. The van der Waals surface area contributed by atoms with Crippen molar-refractivity contribution in [2.45, 2.75) is 53.2 Å². The first-order valence-corrected chi connectivity index (χ1v) is 8.59. The molecule has 1 aromatic carbocycles. The quantitative estimate of drug-likeness (QED) is 0.584. The monoisotopic (exact) mass is 347 g/mol. The molecule has 2 atom stereocenters. The highest BCUT2D eigenvalue weighted by atomic mass is 16.5. The summed E-state index contributed by atoms with van der Waals surface area (Å²) in [7, 11) is 0. The topological polar surface area (TPSA) is 72.9 Å². The number of amides is 1. The van der Waals surface area contributed by atoms with Crippen LogP contribution in [0.5, 0.6) is 5.75 Å². The third kappa shape index (κ3) is 4.00. The fraction of sp³-hybridized carbons (Fsp3) is 0.526. The SMILES string of the molecule is CCC(=O)c1ccc2c(c1)N(C(C)C(=O)OCC(C)C)C(=O)C(C)O2. The number of anilines is 1. The predicted octanol–water partition coefficient (Wildman–Crippen LogP) is 2.98. The van der Waals surface area contributed by atoms with E-state index in [0.717, 1.165) is 0 Å². The Morgan fingerprint density at radius 3 is 2.56 bits per heavy atom. The number of hydrogen-bond acceptors (Lipinski definition) is 5. The lowest BCUT2D eigenvalue weighted by molar-refractivity contribution is -0.147. The van der Waals surface area contributed by atoms with Gasteiger partial charge in [-0.2, -0.15) is 0 Å². The first-order valence-electron chi connectivity index (χ1n) is 8.59. The zero-order valence-electron chi connectivity index (χ0n) is 15.4. The molecule has 6 heteroatoms. The molecule has 2 rings (SSSR count). The molecule has 1 aliphatic heterocycles. The maximum absolute atomic E-state index is 12.6. The number of nitrogens with zero attached hydrogens (tertiary/aromatic N) is 1. The summed E-state index contributed by atoms with van der Waals surface area (Å²) in [6, 6.07) is 4.15. The summed E-state index contributed by atoms with van der Waals surface area (Å²) in [6.07, 6.45) is -0.351. The number of benzene rings is 1. The summed E-state index contributed by atoms with van der Waals surface area (Å²) < 4.78 is 10.9. The van der Waals surface area contributed by atoms with Crippen LogP contribution in [0.15, 0.2) is 18.2 Å². The molecule has 0 aromatic heterocycles. The number of Topliss-reactive ketones (excluding diaryl/α,β-unsaturated/α-hetero) is 1. The normalized spacial score (nSPS) is 17.8. The largest absolute Gasteiger partial charge is 0.479 e. The number of ether oxygens (including phenoxy) is 2. The summed E-state index contributed by atoms with van der Waals surface area (Å²) in [5.74, 6) is -0.166. The predicted molar refractivity (Wildman–Crippen MR) is 93.9 cm³/mol. The minimum atomic E-state index is -0.802. The number of carbonyl (C=O) groups excluding carboxylic acids is 3. The molecule has 0 bridgehead atoms. The van der Waals surface area contributed by atoms with Gasteiger partial charge in [0, 0.05) is 12.0 Å². The highest BCUT2D eigenvalue weighted by Gasteiger charge is 2.38. The molecule has 6 nitrogen and oxygen atoms in total. The molecular formula is C19H25NO5. The highest BCUT2D eigenvalue weighted by molar-refractivity contribution is 6.06. The maximum atomic E-state index is 12.6. The summed E-state index contributed by atoms with van der Waals surface area (Å²) in [6.45, 7) is 9.20. The first kappa shape index (κ1) is 19.0. The fourth-order valence-electron chi connectivity index (χ4n) is 2.61. The Balaban J connectivity index is 2.38. The standard InChI is InChI=1S/C19H25NO5/c1-6-16(21)14-7-8-17-15(9-14)20(18(22)13(5)25-17)12(4)19(23)24-10-11(2)3/h7-9,11-13H,6,10H2,1-5H3. The van der Waals surface area contributed by atoms with Crippen LogP contribution in [-0.2, 0) is 14.3 Å². The molecule has 0 spiro atoms. The van der Waals surface area contributed by atoms with Crippen LogP contribution in [0.25, 0.3) is 0 Å². The van der Waals surface area contributed by atoms with Gasteiger partial charge >= 0.3 is 5.97 Å². The van der Waals surface area contributed by atoms with Crippen molar-refractivity contribution in [3.63, 3.8) is 0 Å². The van der Waals surface area contributed by atoms with Crippen LogP contribution in [0, 0.1) is 5.92 Å². The summed E-state index contributed by atoms with van der Waals surface area (Å²) in [5, 5.41) is 0. The third-order valence-corrected chi connectivity index (χ3v) is 4.04. The number of ketones is 1. The molecule has 1 aromatic rings. The Morgan fingerprint density at radius 1 is 1.28 bits per heavy atom. The molecule has 0 radical (unpaired) electrons. The average molecular weight is 347 g/mol. The smallest absolute Gasteiger partial charge is 0.328 e. The van der Waals surface area contributed by atoms with E-state index in [2.05, 4.69) is 0 Å². The number of fused-ring (bicyclic) bond motifs is 1. The van der Waals surface area contributed by atoms with Gasteiger partial charge in [0.25, 0.3) is 5.91 Å². The summed E-state index contributed by atoms with van der Waals surface area (Å²) >= 11 is 0.